The first kappa shape index (κ1) is 15.0. The van der Waals surface area contributed by atoms with Crippen molar-refractivity contribution >= 4 is 21.6 Å². The van der Waals surface area contributed by atoms with Gasteiger partial charge in [-0.15, -0.1) is 0 Å². The molecule has 1 aromatic rings. The highest BCUT2D eigenvalue weighted by Gasteiger charge is 2.28. The maximum atomic E-state index is 12.7. The molecule has 7 heteroatoms. The molecule has 0 atom stereocenters. The number of anilines is 1. The third-order valence-corrected chi connectivity index (χ3v) is 4.97. The van der Waals surface area contributed by atoms with E-state index < -0.39 is 10.0 Å². The molecule has 1 aromatic carbocycles. The lowest BCUT2D eigenvalue weighted by molar-refractivity contribution is -0.114. The molecule has 0 spiro atoms. The van der Waals surface area contributed by atoms with Crippen molar-refractivity contribution < 1.29 is 17.9 Å². The number of nitrogens with zero attached hydrogens (tertiary/aromatic N) is 1. The maximum Gasteiger partial charge on any atom is 0.245 e. The van der Waals surface area contributed by atoms with Gasteiger partial charge in [-0.05, 0) is 24.6 Å². The predicted octanol–water partition coefficient (Wildman–Crippen LogP) is 0.974. The number of benzene rings is 1. The fraction of sp³-hybridized carbons (Fsp3) is 0.462. The highest BCUT2D eigenvalue weighted by atomic mass is 32.2. The minimum atomic E-state index is -3.62. The molecule has 20 heavy (non-hydrogen) atoms. The van der Waals surface area contributed by atoms with Crippen LogP contribution in [0.3, 0.4) is 0 Å². The number of sulfonamides is 1. The Morgan fingerprint density at radius 2 is 1.95 bits per heavy atom. The summed E-state index contributed by atoms with van der Waals surface area (Å²) in [4.78, 5) is 11.3. The van der Waals surface area contributed by atoms with Gasteiger partial charge in [0.15, 0.2) is 0 Å². The second-order valence-corrected chi connectivity index (χ2v) is 6.60. The first-order chi connectivity index (χ1) is 9.41. The smallest absolute Gasteiger partial charge is 0.245 e. The van der Waals surface area contributed by atoms with Gasteiger partial charge < -0.3 is 10.1 Å². The highest BCUT2D eigenvalue weighted by Crippen LogP contribution is 2.26. The van der Waals surface area contributed by atoms with Crippen molar-refractivity contribution in [3.63, 3.8) is 0 Å². The molecule has 110 valence electrons. The molecule has 0 saturated carbocycles. The Bertz CT molecular complexity index is 607. The van der Waals surface area contributed by atoms with E-state index in [1.165, 1.54) is 11.2 Å². The van der Waals surface area contributed by atoms with Crippen molar-refractivity contribution in [2.45, 2.75) is 18.7 Å². The lowest BCUT2D eigenvalue weighted by atomic mass is 10.2. The van der Waals surface area contributed by atoms with Crippen LogP contribution in [0.5, 0.6) is 0 Å². The standard InChI is InChI=1S/C13H18N2O4S/c1-10-3-4-12(14-11(2)16)13(9-10)20(17,18)15-5-7-19-8-6-15/h3-4,9H,5-8H2,1-2H3,(H,14,16). The van der Waals surface area contributed by atoms with Gasteiger partial charge in [0, 0.05) is 20.0 Å². The largest absolute Gasteiger partial charge is 0.379 e. The number of ether oxygens (including phenoxy) is 1. The number of morpholine rings is 1. The van der Waals surface area contributed by atoms with Crippen LogP contribution in [0, 0.1) is 6.92 Å². The minimum absolute atomic E-state index is 0.134. The van der Waals surface area contributed by atoms with Crippen LogP contribution in [0.4, 0.5) is 5.69 Å². The summed E-state index contributed by atoms with van der Waals surface area (Å²) in [7, 11) is -3.62. The van der Waals surface area contributed by atoms with Crippen molar-refractivity contribution in [3.05, 3.63) is 23.8 Å². The Labute approximate surface area is 118 Å². The van der Waals surface area contributed by atoms with Crippen LogP contribution in [0.1, 0.15) is 12.5 Å². The van der Waals surface area contributed by atoms with Gasteiger partial charge in [0.2, 0.25) is 15.9 Å². The number of nitrogens with one attached hydrogen (secondary N) is 1. The van der Waals surface area contributed by atoms with Gasteiger partial charge in [-0.1, -0.05) is 6.07 Å². The summed E-state index contributed by atoms with van der Waals surface area (Å²) in [5, 5.41) is 2.57. The molecular formula is C13H18N2O4S. The van der Waals surface area contributed by atoms with Crippen LogP contribution in [-0.4, -0.2) is 44.9 Å². The van der Waals surface area contributed by atoms with Gasteiger partial charge in [0.25, 0.3) is 0 Å². The summed E-state index contributed by atoms with van der Waals surface area (Å²) >= 11 is 0. The molecule has 1 amide bonds. The van der Waals surface area contributed by atoms with Gasteiger partial charge in [-0.3, -0.25) is 4.79 Å². The summed E-state index contributed by atoms with van der Waals surface area (Å²) in [5.74, 6) is -0.299. The van der Waals surface area contributed by atoms with Gasteiger partial charge in [0.05, 0.1) is 18.9 Å². The Morgan fingerprint density at radius 1 is 1.30 bits per heavy atom. The zero-order chi connectivity index (χ0) is 14.8. The van der Waals surface area contributed by atoms with Gasteiger partial charge in [-0.2, -0.15) is 4.31 Å². The Hall–Kier alpha value is -1.44. The van der Waals surface area contributed by atoms with E-state index in [4.69, 9.17) is 4.74 Å². The van der Waals surface area contributed by atoms with Crippen molar-refractivity contribution in [1.29, 1.82) is 0 Å². The summed E-state index contributed by atoms with van der Waals surface area (Å²) in [6.07, 6.45) is 0. The normalized spacial score (nSPS) is 16.9. The number of rotatable bonds is 3. The van der Waals surface area contributed by atoms with Gasteiger partial charge in [0.1, 0.15) is 4.90 Å². The molecule has 0 radical (unpaired) electrons. The van der Waals surface area contributed by atoms with Crippen molar-refractivity contribution in [1.82, 2.24) is 4.31 Å². The van der Waals surface area contributed by atoms with E-state index >= 15 is 0 Å². The molecule has 6 nitrogen and oxygen atoms in total. The quantitative estimate of drug-likeness (QED) is 0.902. The van der Waals surface area contributed by atoms with Crippen LogP contribution in [0.2, 0.25) is 0 Å². The Morgan fingerprint density at radius 3 is 2.55 bits per heavy atom. The van der Waals surface area contributed by atoms with E-state index in [9.17, 15) is 13.2 Å². The number of aryl methyl sites for hydroxylation is 1. The predicted molar refractivity (Wildman–Crippen MR) is 75.1 cm³/mol. The number of hydrogen-bond donors (Lipinski definition) is 1. The molecule has 1 saturated heterocycles. The topological polar surface area (TPSA) is 75.7 Å². The van der Waals surface area contributed by atoms with Crippen LogP contribution in [0.25, 0.3) is 0 Å². The number of amides is 1. The SMILES string of the molecule is CC(=O)Nc1ccc(C)cc1S(=O)(=O)N1CCOCC1. The Balaban J connectivity index is 2.43. The maximum absolute atomic E-state index is 12.7. The van der Waals surface area contributed by atoms with Crippen molar-refractivity contribution in [3.8, 4) is 0 Å². The molecule has 1 fully saturated rings. The van der Waals surface area contributed by atoms with E-state index in [-0.39, 0.29) is 10.8 Å². The van der Waals surface area contributed by atoms with Gasteiger partial charge >= 0.3 is 0 Å². The average molecular weight is 298 g/mol. The van der Waals surface area contributed by atoms with E-state index in [0.717, 1.165) is 5.56 Å². The fourth-order valence-electron chi connectivity index (χ4n) is 2.06. The summed E-state index contributed by atoms with van der Waals surface area (Å²) in [6, 6.07) is 4.96. The molecule has 1 aliphatic rings. The fourth-order valence-corrected chi connectivity index (χ4v) is 3.70. The molecule has 0 aliphatic carbocycles. The monoisotopic (exact) mass is 298 g/mol. The first-order valence-electron chi connectivity index (χ1n) is 6.37. The third kappa shape index (κ3) is 3.17. The van der Waals surface area contributed by atoms with Crippen LogP contribution in [-0.2, 0) is 19.6 Å². The lowest BCUT2D eigenvalue weighted by Gasteiger charge is -2.27. The second kappa shape index (κ2) is 5.90. The van der Waals surface area contributed by atoms with E-state index in [1.54, 1.807) is 18.2 Å². The molecule has 0 aromatic heterocycles. The second-order valence-electron chi connectivity index (χ2n) is 4.70. The average Bonchev–Trinajstić information content (AvgIpc) is 2.41. The molecule has 0 bridgehead atoms. The molecule has 0 unspecified atom stereocenters. The van der Waals surface area contributed by atoms with Crippen LogP contribution < -0.4 is 5.32 Å². The van der Waals surface area contributed by atoms with Crippen molar-refractivity contribution in [2.24, 2.45) is 0 Å². The van der Waals surface area contributed by atoms with E-state index in [2.05, 4.69) is 5.32 Å². The molecule has 1 heterocycles. The van der Waals surface area contributed by atoms with Crippen LogP contribution >= 0.6 is 0 Å². The molecule has 2 rings (SSSR count). The summed E-state index contributed by atoms with van der Waals surface area (Å²) < 4.78 is 31.9. The summed E-state index contributed by atoms with van der Waals surface area (Å²) in [6.45, 7) is 4.60. The number of hydrogen-bond acceptors (Lipinski definition) is 4. The Kier molecular flexibility index (Phi) is 4.42. The zero-order valence-electron chi connectivity index (χ0n) is 11.5. The van der Waals surface area contributed by atoms with Crippen LogP contribution in [0.15, 0.2) is 23.1 Å². The van der Waals surface area contributed by atoms with Gasteiger partial charge in [-0.25, -0.2) is 8.42 Å². The lowest BCUT2D eigenvalue weighted by Crippen LogP contribution is -2.40. The number of carbonyl (C=O) groups is 1. The van der Waals surface area contributed by atoms with E-state index in [1.807, 2.05) is 6.92 Å². The first-order valence-corrected chi connectivity index (χ1v) is 7.81. The summed E-state index contributed by atoms with van der Waals surface area (Å²) in [5.41, 5.74) is 1.14. The number of carbonyl (C=O) groups excluding carboxylic acids is 1. The minimum Gasteiger partial charge on any atom is -0.379 e. The highest BCUT2D eigenvalue weighted by molar-refractivity contribution is 7.89. The van der Waals surface area contributed by atoms with E-state index in [0.29, 0.717) is 32.0 Å². The third-order valence-electron chi connectivity index (χ3n) is 3.04. The molecular weight excluding hydrogens is 280 g/mol. The van der Waals surface area contributed by atoms with Crippen molar-refractivity contribution in [2.75, 3.05) is 31.6 Å². The zero-order valence-corrected chi connectivity index (χ0v) is 12.4. The molecule has 1 N–H and O–H groups in total. The molecule has 1 aliphatic heterocycles.